The number of ether oxygens (including phenoxy) is 1. The number of rotatable bonds is 6. The number of nitro groups is 1. The lowest BCUT2D eigenvalue weighted by atomic mass is 10.0. The first-order valence-corrected chi connectivity index (χ1v) is 9.90. The molecule has 33 heavy (non-hydrogen) atoms. The fraction of sp³-hybridized carbons (Fsp3) is 0. The summed E-state index contributed by atoms with van der Waals surface area (Å²) in [6.45, 7) is 0. The van der Waals surface area contributed by atoms with Gasteiger partial charge >= 0.3 is 5.97 Å². The Labute approximate surface area is 188 Å². The maximum atomic E-state index is 12.6. The maximum absolute atomic E-state index is 12.6. The standard InChI is InChI=1S/C25H17N3O5/c29-24(18-10-13-20(14-11-18)28(31)32)27-26-16-22-21-9-5-4-6-17(21)12-15-23(22)33-25(30)19-7-2-1-3-8-19/h1-16H,(H,27,29)/b26-16+. The molecule has 0 aliphatic rings. The summed E-state index contributed by atoms with van der Waals surface area (Å²) in [5.41, 5.74) is 3.41. The largest absolute Gasteiger partial charge is 0.422 e. The van der Waals surface area contributed by atoms with Gasteiger partial charge in [-0.05, 0) is 41.1 Å². The highest BCUT2D eigenvalue weighted by Gasteiger charge is 2.14. The number of nitrogens with zero attached hydrogens (tertiary/aromatic N) is 2. The number of benzene rings is 4. The molecule has 0 saturated carbocycles. The molecule has 0 fully saturated rings. The van der Waals surface area contributed by atoms with Crippen LogP contribution in [0.1, 0.15) is 26.3 Å². The summed E-state index contributed by atoms with van der Waals surface area (Å²) < 4.78 is 5.61. The van der Waals surface area contributed by atoms with Crippen molar-refractivity contribution >= 4 is 34.6 Å². The van der Waals surface area contributed by atoms with E-state index in [2.05, 4.69) is 10.5 Å². The van der Waals surface area contributed by atoms with Crippen LogP contribution in [-0.4, -0.2) is 23.0 Å². The smallest absolute Gasteiger partial charge is 0.343 e. The monoisotopic (exact) mass is 439 g/mol. The van der Waals surface area contributed by atoms with Crippen LogP contribution in [0.2, 0.25) is 0 Å². The molecule has 0 aromatic heterocycles. The quantitative estimate of drug-likeness (QED) is 0.153. The van der Waals surface area contributed by atoms with Gasteiger partial charge in [0.15, 0.2) is 0 Å². The highest BCUT2D eigenvalue weighted by Crippen LogP contribution is 2.27. The summed E-state index contributed by atoms with van der Waals surface area (Å²) in [6, 6.07) is 24.8. The minimum absolute atomic E-state index is 0.115. The van der Waals surface area contributed by atoms with Gasteiger partial charge in [-0.1, -0.05) is 48.5 Å². The van der Waals surface area contributed by atoms with E-state index < -0.39 is 16.8 Å². The molecule has 0 aliphatic heterocycles. The molecule has 4 aromatic carbocycles. The lowest BCUT2D eigenvalue weighted by molar-refractivity contribution is -0.384. The van der Waals surface area contributed by atoms with Gasteiger partial charge in [0.05, 0.1) is 16.7 Å². The van der Waals surface area contributed by atoms with Gasteiger partial charge in [-0.2, -0.15) is 5.10 Å². The fourth-order valence-corrected chi connectivity index (χ4v) is 3.19. The van der Waals surface area contributed by atoms with Crippen LogP contribution in [0.3, 0.4) is 0 Å². The number of hydrazone groups is 1. The molecule has 8 nitrogen and oxygen atoms in total. The van der Waals surface area contributed by atoms with Crippen LogP contribution in [-0.2, 0) is 0 Å². The van der Waals surface area contributed by atoms with Gasteiger partial charge in [0.2, 0.25) is 0 Å². The molecule has 1 amide bonds. The van der Waals surface area contributed by atoms with Gasteiger partial charge in [0, 0.05) is 23.3 Å². The second-order valence-electron chi connectivity index (χ2n) is 6.96. The molecule has 8 heteroatoms. The summed E-state index contributed by atoms with van der Waals surface area (Å²) in [5, 5.41) is 16.5. The topological polar surface area (TPSA) is 111 Å². The Balaban J connectivity index is 1.59. The van der Waals surface area contributed by atoms with Gasteiger partial charge in [0.1, 0.15) is 5.75 Å². The first kappa shape index (κ1) is 21.4. The van der Waals surface area contributed by atoms with Gasteiger partial charge in [0.25, 0.3) is 11.6 Å². The van der Waals surface area contributed by atoms with Crippen molar-refractivity contribution in [3.63, 3.8) is 0 Å². The Morgan fingerprint density at radius 3 is 2.27 bits per heavy atom. The van der Waals surface area contributed by atoms with E-state index in [1.807, 2.05) is 30.3 Å². The van der Waals surface area contributed by atoms with Gasteiger partial charge in [-0.25, -0.2) is 10.2 Å². The zero-order valence-corrected chi connectivity index (χ0v) is 17.2. The normalized spacial score (nSPS) is 10.8. The molecule has 162 valence electrons. The Kier molecular flexibility index (Phi) is 6.17. The fourth-order valence-electron chi connectivity index (χ4n) is 3.19. The van der Waals surface area contributed by atoms with Crippen LogP contribution in [0.25, 0.3) is 10.8 Å². The van der Waals surface area contributed by atoms with E-state index in [-0.39, 0.29) is 17.0 Å². The first-order chi connectivity index (χ1) is 16.0. The predicted molar refractivity (Wildman–Crippen MR) is 124 cm³/mol. The molecule has 1 N–H and O–H groups in total. The Bertz CT molecular complexity index is 1370. The lowest BCUT2D eigenvalue weighted by Crippen LogP contribution is -2.17. The van der Waals surface area contributed by atoms with E-state index in [1.54, 1.807) is 36.4 Å². The van der Waals surface area contributed by atoms with Crippen molar-refractivity contribution in [2.24, 2.45) is 5.10 Å². The van der Waals surface area contributed by atoms with Crippen LogP contribution in [0, 0.1) is 10.1 Å². The molecule has 0 heterocycles. The van der Waals surface area contributed by atoms with E-state index in [4.69, 9.17) is 4.74 Å². The molecule has 4 aromatic rings. The summed E-state index contributed by atoms with van der Waals surface area (Å²) in [5.74, 6) is -0.768. The molecular formula is C25H17N3O5. The third-order valence-corrected chi connectivity index (χ3v) is 4.84. The van der Waals surface area contributed by atoms with Crippen molar-refractivity contribution < 1.29 is 19.2 Å². The highest BCUT2D eigenvalue weighted by atomic mass is 16.6. The van der Waals surface area contributed by atoms with Crippen LogP contribution in [0.4, 0.5) is 5.69 Å². The summed E-state index contributed by atoms with van der Waals surface area (Å²) in [6.07, 6.45) is 1.40. The number of carbonyl (C=O) groups excluding carboxylic acids is 2. The minimum atomic E-state index is -0.543. The number of hydrogen-bond donors (Lipinski definition) is 1. The molecule has 0 unspecified atom stereocenters. The first-order valence-electron chi connectivity index (χ1n) is 9.90. The number of fused-ring (bicyclic) bond motifs is 1. The SMILES string of the molecule is O=C(N/N=C/c1c(OC(=O)c2ccccc2)ccc2ccccc12)c1ccc([N+](=O)[O-])cc1. The molecule has 0 spiro atoms. The zero-order valence-electron chi connectivity index (χ0n) is 17.2. The number of non-ortho nitro benzene ring substituents is 1. The van der Waals surface area contributed by atoms with Crippen molar-refractivity contribution in [3.05, 3.63) is 118 Å². The molecule has 0 saturated heterocycles. The summed E-state index contributed by atoms with van der Waals surface area (Å²) >= 11 is 0. The van der Waals surface area contributed by atoms with E-state index in [0.717, 1.165) is 10.8 Å². The number of esters is 1. The van der Waals surface area contributed by atoms with Crippen molar-refractivity contribution in [3.8, 4) is 5.75 Å². The summed E-state index contributed by atoms with van der Waals surface area (Å²) in [7, 11) is 0. The second kappa shape index (κ2) is 9.52. The van der Waals surface area contributed by atoms with Crippen LogP contribution in [0.15, 0.2) is 96.1 Å². The minimum Gasteiger partial charge on any atom is -0.422 e. The maximum Gasteiger partial charge on any atom is 0.343 e. The van der Waals surface area contributed by atoms with Crippen molar-refractivity contribution in [1.82, 2.24) is 5.43 Å². The summed E-state index contributed by atoms with van der Waals surface area (Å²) in [4.78, 5) is 35.1. The van der Waals surface area contributed by atoms with E-state index in [0.29, 0.717) is 11.1 Å². The average molecular weight is 439 g/mol. The molecule has 0 atom stereocenters. The van der Waals surface area contributed by atoms with Crippen molar-refractivity contribution in [2.45, 2.75) is 0 Å². The third-order valence-electron chi connectivity index (χ3n) is 4.84. The second-order valence-corrected chi connectivity index (χ2v) is 6.96. The Hall–Kier alpha value is -4.85. The Morgan fingerprint density at radius 1 is 0.848 bits per heavy atom. The average Bonchev–Trinajstić information content (AvgIpc) is 2.85. The third kappa shape index (κ3) is 4.91. The number of carbonyl (C=O) groups is 2. The predicted octanol–water partition coefficient (Wildman–Crippen LogP) is 4.73. The van der Waals surface area contributed by atoms with Crippen LogP contribution in [0.5, 0.6) is 5.75 Å². The number of amides is 1. The van der Waals surface area contributed by atoms with Crippen molar-refractivity contribution in [1.29, 1.82) is 0 Å². The van der Waals surface area contributed by atoms with Crippen LogP contribution < -0.4 is 10.2 Å². The van der Waals surface area contributed by atoms with Gasteiger partial charge in [-0.15, -0.1) is 0 Å². The lowest BCUT2D eigenvalue weighted by Gasteiger charge is -2.10. The number of hydrogen-bond acceptors (Lipinski definition) is 6. The van der Waals surface area contributed by atoms with Crippen molar-refractivity contribution in [2.75, 3.05) is 0 Å². The molecule has 0 radical (unpaired) electrons. The van der Waals surface area contributed by atoms with E-state index in [9.17, 15) is 19.7 Å². The molecule has 0 aliphatic carbocycles. The van der Waals surface area contributed by atoms with E-state index in [1.165, 1.54) is 30.5 Å². The molecular weight excluding hydrogens is 422 g/mol. The number of nitrogens with one attached hydrogen (secondary N) is 1. The van der Waals surface area contributed by atoms with Gasteiger partial charge in [-0.3, -0.25) is 14.9 Å². The Morgan fingerprint density at radius 2 is 1.55 bits per heavy atom. The zero-order chi connectivity index (χ0) is 23.2. The van der Waals surface area contributed by atoms with Crippen LogP contribution >= 0.6 is 0 Å². The highest BCUT2D eigenvalue weighted by molar-refractivity contribution is 6.04. The molecule has 4 rings (SSSR count). The number of nitro benzene ring substituents is 1. The molecule has 0 bridgehead atoms. The van der Waals surface area contributed by atoms with E-state index >= 15 is 0 Å². The van der Waals surface area contributed by atoms with Gasteiger partial charge < -0.3 is 4.74 Å².